The zero-order valence-electron chi connectivity index (χ0n) is 10.3. The zero-order valence-corrected chi connectivity index (χ0v) is 10.3. The molecule has 0 atom stereocenters. The third-order valence-corrected chi connectivity index (χ3v) is 2.60. The van der Waals surface area contributed by atoms with Gasteiger partial charge >= 0.3 is 5.97 Å². The van der Waals surface area contributed by atoms with Gasteiger partial charge in [0, 0.05) is 6.61 Å². The van der Waals surface area contributed by atoms with Gasteiger partial charge < -0.3 is 14.3 Å². The third-order valence-electron chi connectivity index (χ3n) is 2.60. The van der Waals surface area contributed by atoms with E-state index in [9.17, 15) is 4.79 Å². The maximum Gasteiger partial charge on any atom is 0.339 e. The summed E-state index contributed by atoms with van der Waals surface area (Å²) in [6.07, 6.45) is 7.29. The fourth-order valence-corrected chi connectivity index (χ4v) is 1.62. The lowest BCUT2D eigenvalue weighted by atomic mass is 10.2. The Hall–Kier alpha value is -1.29. The van der Waals surface area contributed by atoms with E-state index in [4.69, 9.17) is 14.3 Å². The monoisotopic (exact) mass is 240 g/mol. The highest BCUT2D eigenvalue weighted by Crippen LogP contribution is 2.12. The summed E-state index contributed by atoms with van der Waals surface area (Å²) in [4.78, 5) is 10.8. The van der Waals surface area contributed by atoms with E-state index in [-0.39, 0.29) is 12.2 Å². The maximum atomic E-state index is 10.8. The molecule has 0 fully saturated rings. The third kappa shape index (κ3) is 5.04. The minimum Gasteiger partial charge on any atom is -0.478 e. The Bertz CT molecular complexity index is 330. The van der Waals surface area contributed by atoms with Crippen LogP contribution in [0.3, 0.4) is 0 Å². The molecule has 96 valence electrons. The van der Waals surface area contributed by atoms with Crippen LogP contribution in [0, 0.1) is 0 Å². The number of aromatic carboxylic acids is 1. The van der Waals surface area contributed by atoms with E-state index in [1.165, 1.54) is 31.6 Å². The second-order valence-electron chi connectivity index (χ2n) is 4.03. The van der Waals surface area contributed by atoms with Crippen molar-refractivity contribution in [3.8, 4) is 0 Å². The number of unbranched alkanes of at least 4 members (excludes halogenated alkanes) is 4. The van der Waals surface area contributed by atoms with Crippen LogP contribution in [0.15, 0.2) is 16.7 Å². The van der Waals surface area contributed by atoms with E-state index in [0.717, 1.165) is 12.8 Å². The molecule has 0 aliphatic heterocycles. The smallest absolute Gasteiger partial charge is 0.339 e. The predicted molar refractivity (Wildman–Crippen MR) is 64.1 cm³/mol. The van der Waals surface area contributed by atoms with Gasteiger partial charge in [0.25, 0.3) is 0 Å². The molecule has 0 saturated heterocycles. The van der Waals surface area contributed by atoms with Crippen molar-refractivity contribution < 1.29 is 19.1 Å². The lowest BCUT2D eigenvalue weighted by molar-refractivity contribution is 0.0677. The highest BCUT2D eigenvalue weighted by molar-refractivity contribution is 5.88. The predicted octanol–water partition coefficient (Wildman–Crippen LogP) is 3.46. The van der Waals surface area contributed by atoms with Gasteiger partial charge in [-0.25, -0.2) is 4.79 Å². The van der Waals surface area contributed by atoms with Gasteiger partial charge in [0.15, 0.2) is 0 Å². The van der Waals surface area contributed by atoms with Crippen LogP contribution in [0.5, 0.6) is 0 Å². The molecule has 1 heterocycles. The van der Waals surface area contributed by atoms with Crippen LogP contribution >= 0.6 is 0 Å². The Labute approximate surface area is 102 Å². The van der Waals surface area contributed by atoms with Gasteiger partial charge in [0.2, 0.25) is 0 Å². The fourth-order valence-electron chi connectivity index (χ4n) is 1.62. The molecule has 0 aliphatic rings. The van der Waals surface area contributed by atoms with Crippen LogP contribution < -0.4 is 0 Å². The summed E-state index contributed by atoms with van der Waals surface area (Å²) in [5.74, 6) is -0.577. The number of hydrogen-bond acceptors (Lipinski definition) is 3. The summed E-state index contributed by atoms with van der Waals surface area (Å²) in [6, 6.07) is 1.45. The normalized spacial score (nSPS) is 10.6. The minimum absolute atomic E-state index is 0.191. The lowest BCUT2D eigenvalue weighted by Gasteiger charge is -2.03. The summed E-state index contributed by atoms with van der Waals surface area (Å²) in [5.41, 5.74) is 0.191. The Kier molecular flexibility index (Phi) is 6.40. The Balaban J connectivity index is 2.14. The van der Waals surface area contributed by atoms with Crippen molar-refractivity contribution in [3.63, 3.8) is 0 Å². The molecular formula is C13H20O4. The Morgan fingerprint density at radius 2 is 2.12 bits per heavy atom. The second kappa shape index (κ2) is 7.90. The maximum absolute atomic E-state index is 10.8. The van der Waals surface area contributed by atoms with Crippen molar-refractivity contribution in [1.82, 2.24) is 0 Å². The molecule has 0 unspecified atom stereocenters. The van der Waals surface area contributed by atoms with Crippen molar-refractivity contribution in [2.24, 2.45) is 0 Å². The topological polar surface area (TPSA) is 59.7 Å². The second-order valence-corrected chi connectivity index (χ2v) is 4.03. The molecule has 0 spiro atoms. The summed E-state index contributed by atoms with van der Waals surface area (Å²) in [7, 11) is 0. The van der Waals surface area contributed by atoms with Crippen molar-refractivity contribution in [2.45, 2.75) is 45.6 Å². The van der Waals surface area contributed by atoms with Crippen LogP contribution in [-0.2, 0) is 11.3 Å². The summed E-state index contributed by atoms with van der Waals surface area (Å²) < 4.78 is 10.5. The number of carboxylic acids is 1. The van der Waals surface area contributed by atoms with E-state index in [2.05, 4.69) is 6.92 Å². The molecule has 1 aromatic heterocycles. The van der Waals surface area contributed by atoms with Crippen molar-refractivity contribution in [1.29, 1.82) is 0 Å². The van der Waals surface area contributed by atoms with E-state index in [1.807, 2.05) is 0 Å². The largest absolute Gasteiger partial charge is 0.478 e. The quantitative estimate of drug-likeness (QED) is 0.671. The number of furan rings is 1. The molecule has 0 bridgehead atoms. The van der Waals surface area contributed by atoms with Gasteiger partial charge in [0.1, 0.15) is 17.9 Å². The summed E-state index contributed by atoms with van der Waals surface area (Å²) in [5, 5.41) is 8.84. The van der Waals surface area contributed by atoms with Gasteiger partial charge in [0.05, 0.1) is 6.26 Å². The highest BCUT2D eigenvalue weighted by atomic mass is 16.5. The molecule has 0 amide bonds. The van der Waals surface area contributed by atoms with E-state index in [1.54, 1.807) is 0 Å². The molecule has 0 saturated carbocycles. The molecule has 4 heteroatoms. The van der Waals surface area contributed by atoms with Crippen molar-refractivity contribution in [3.05, 3.63) is 23.7 Å². The fraction of sp³-hybridized carbons (Fsp3) is 0.615. The SMILES string of the molecule is CCCCCCCOCc1occc1C(=O)O. The minimum atomic E-state index is -0.972. The van der Waals surface area contributed by atoms with Crippen LogP contribution in [-0.4, -0.2) is 17.7 Å². The van der Waals surface area contributed by atoms with Gasteiger partial charge in [-0.3, -0.25) is 0 Å². The number of hydrogen-bond donors (Lipinski definition) is 1. The van der Waals surface area contributed by atoms with Crippen molar-refractivity contribution >= 4 is 5.97 Å². The molecule has 0 aromatic carbocycles. The molecule has 1 N–H and O–H groups in total. The lowest BCUT2D eigenvalue weighted by Crippen LogP contribution is -2.01. The molecule has 17 heavy (non-hydrogen) atoms. The van der Waals surface area contributed by atoms with Gasteiger partial charge in [-0.2, -0.15) is 0 Å². The summed E-state index contributed by atoms with van der Waals surface area (Å²) >= 11 is 0. The van der Waals surface area contributed by atoms with E-state index < -0.39 is 5.97 Å². The van der Waals surface area contributed by atoms with Gasteiger partial charge in [-0.05, 0) is 12.5 Å². The van der Waals surface area contributed by atoms with E-state index in [0.29, 0.717) is 12.4 Å². The van der Waals surface area contributed by atoms with Crippen LogP contribution in [0.4, 0.5) is 0 Å². The van der Waals surface area contributed by atoms with Gasteiger partial charge in [-0.15, -0.1) is 0 Å². The van der Waals surface area contributed by atoms with E-state index >= 15 is 0 Å². The number of carbonyl (C=O) groups is 1. The first-order valence-electron chi connectivity index (χ1n) is 6.13. The van der Waals surface area contributed by atoms with Crippen molar-refractivity contribution in [2.75, 3.05) is 6.61 Å². The first-order valence-corrected chi connectivity index (χ1v) is 6.13. The average molecular weight is 240 g/mol. The molecule has 0 aliphatic carbocycles. The number of rotatable bonds is 9. The molecule has 1 aromatic rings. The number of carboxylic acid groups (broad SMARTS) is 1. The first-order chi connectivity index (χ1) is 8.25. The molecule has 1 rings (SSSR count). The molecule has 4 nitrogen and oxygen atoms in total. The molecular weight excluding hydrogens is 220 g/mol. The average Bonchev–Trinajstić information content (AvgIpc) is 2.76. The summed E-state index contributed by atoms with van der Waals surface area (Å²) in [6.45, 7) is 3.08. The van der Waals surface area contributed by atoms with Gasteiger partial charge in [-0.1, -0.05) is 32.6 Å². The Morgan fingerprint density at radius 3 is 2.82 bits per heavy atom. The first kappa shape index (κ1) is 13.8. The standard InChI is InChI=1S/C13H20O4/c1-2-3-4-5-6-8-16-10-12-11(13(14)15)7-9-17-12/h7,9H,2-6,8,10H2,1H3,(H,14,15). The Morgan fingerprint density at radius 1 is 1.35 bits per heavy atom. The zero-order chi connectivity index (χ0) is 12.5. The van der Waals surface area contributed by atoms with Crippen LogP contribution in [0.2, 0.25) is 0 Å². The molecule has 0 radical (unpaired) electrons. The van der Waals surface area contributed by atoms with Crippen LogP contribution in [0.25, 0.3) is 0 Å². The number of ether oxygens (including phenoxy) is 1. The highest BCUT2D eigenvalue weighted by Gasteiger charge is 2.12. The van der Waals surface area contributed by atoms with Crippen LogP contribution in [0.1, 0.15) is 55.1 Å².